The molecule has 0 aromatic rings. The Balaban J connectivity index is 2.16. The zero-order valence-corrected chi connectivity index (χ0v) is 7.71. The Labute approximate surface area is 73.0 Å². The average Bonchev–Trinajstić information content (AvgIpc) is 1.97. The summed E-state index contributed by atoms with van der Waals surface area (Å²) >= 11 is 0. The lowest BCUT2D eigenvalue weighted by atomic mass is 9.96. The molecule has 0 bridgehead atoms. The molecule has 1 aliphatic rings. The van der Waals surface area contributed by atoms with E-state index in [1.165, 1.54) is 6.42 Å². The molecule has 0 heterocycles. The van der Waals surface area contributed by atoms with Gasteiger partial charge in [0.25, 0.3) is 0 Å². The van der Waals surface area contributed by atoms with Gasteiger partial charge in [-0.25, -0.2) is 4.79 Å². The first-order chi connectivity index (χ1) is 5.74. The van der Waals surface area contributed by atoms with Crippen LogP contribution in [0.4, 0.5) is 0 Å². The molecule has 1 atom stereocenters. The Morgan fingerprint density at radius 3 is 2.67 bits per heavy atom. The van der Waals surface area contributed by atoms with Crippen molar-refractivity contribution in [1.29, 1.82) is 0 Å². The highest BCUT2D eigenvalue weighted by atomic mass is 16.6. The topological polar surface area (TPSA) is 35.5 Å². The third-order valence-electron chi connectivity index (χ3n) is 2.07. The molecule has 1 rings (SSSR count). The molecule has 0 aliphatic heterocycles. The Morgan fingerprint density at radius 2 is 2.25 bits per heavy atom. The minimum absolute atomic E-state index is 0.246. The molecule has 3 nitrogen and oxygen atoms in total. The fourth-order valence-electron chi connectivity index (χ4n) is 1.11. The van der Waals surface area contributed by atoms with Gasteiger partial charge in [0.1, 0.15) is 0 Å². The van der Waals surface area contributed by atoms with Gasteiger partial charge in [-0.15, -0.1) is 0 Å². The van der Waals surface area contributed by atoms with Gasteiger partial charge in [0.2, 0.25) is 0 Å². The lowest BCUT2D eigenvalue weighted by Crippen LogP contribution is -2.32. The van der Waals surface area contributed by atoms with Gasteiger partial charge < -0.3 is 9.47 Å². The molecule has 1 saturated carbocycles. The minimum atomic E-state index is -0.393. The van der Waals surface area contributed by atoms with Crippen LogP contribution in [0.3, 0.4) is 0 Å². The molecule has 70 valence electrons. The van der Waals surface area contributed by atoms with Gasteiger partial charge in [0, 0.05) is 0 Å². The summed E-state index contributed by atoms with van der Waals surface area (Å²) in [6, 6.07) is 0. The van der Waals surface area contributed by atoms with Crippen LogP contribution in [0.5, 0.6) is 0 Å². The van der Waals surface area contributed by atoms with Crippen molar-refractivity contribution >= 4 is 5.97 Å². The van der Waals surface area contributed by atoms with Gasteiger partial charge in [0.15, 0.2) is 6.10 Å². The van der Waals surface area contributed by atoms with E-state index in [0.717, 1.165) is 12.8 Å². The van der Waals surface area contributed by atoms with Crippen molar-refractivity contribution in [3.05, 3.63) is 0 Å². The van der Waals surface area contributed by atoms with Crippen molar-refractivity contribution in [3.63, 3.8) is 0 Å². The molecule has 12 heavy (non-hydrogen) atoms. The van der Waals surface area contributed by atoms with Crippen molar-refractivity contribution in [3.8, 4) is 0 Å². The summed E-state index contributed by atoms with van der Waals surface area (Å²) in [4.78, 5) is 11.1. The van der Waals surface area contributed by atoms with Crippen LogP contribution >= 0.6 is 0 Å². The summed E-state index contributed by atoms with van der Waals surface area (Å²) in [6.07, 6.45) is 3.30. The lowest BCUT2D eigenvalue weighted by molar-refractivity contribution is -0.162. The van der Waals surface area contributed by atoms with Gasteiger partial charge in [-0.2, -0.15) is 0 Å². The predicted molar refractivity (Wildman–Crippen MR) is 44.8 cm³/mol. The molecule has 0 saturated heterocycles. The van der Waals surface area contributed by atoms with Crippen LogP contribution in [0.1, 0.15) is 33.1 Å². The normalized spacial score (nSPS) is 19.8. The maximum Gasteiger partial charge on any atom is 0.334 e. The molecule has 0 aromatic carbocycles. The molecule has 0 aromatic heterocycles. The van der Waals surface area contributed by atoms with E-state index in [1.807, 2.05) is 0 Å². The molecular formula is C9H16O3. The molecule has 1 unspecified atom stereocenters. The molecule has 1 aliphatic carbocycles. The second-order valence-corrected chi connectivity index (χ2v) is 3.08. The van der Waals surface area contributed by atoms with Crippen molar-refractivity contribution in [2.24, 2.45) is 0 Å². The maximum atomic E-state index is 11.1. The smallest absolute Gasteiger partial charge is 0.334 e. The number of hydrogen-bond acceptors (Lipinski definition) is 3. The molecule has 0 spiro atoms. The average molecular weight is 172 g/mol. The van der Waals surface area contributed by atoms with Gasteiger partial charge in [-0.05, 0) is 33.1 Å². The van der Waals surface area contributed by atoms with Crippen LogP contribution in [0.25, 0.3) is 0 Å². The SMILES string of the molecule is CCOC(=O)C(C)OC1CCC1. The van der Waals surface area contributed by atoms with Gasteiger partial charge in [-0.1, -0.05) is 0 Å². The van der Waals surface area contributed by atoms with E-state index in [0.29, 0.717) is 12.7 Å². The van der Waals surface area contributed by atoms with E-state index in [2.05, 4.69) is 0 Å². The highest BCUT2D eigenvalue weighted by Crippen LogP contribution is 2.23. The van der Waals surface area contributed by atoms with Crippen LogP contribution in [-0.4, -0.2) is 24.8 Å². The van der Waals surface area contributed by atoms with Crippen LogP contribution in [0.15, 0.2) is 0 Å². The number of hydrogen-bond donors (Lipinski definition) is 0. The Kier molecular flexibility index (Phi) is 3.53. The Hall–Kier alpha value is -0.570. The standard InChI is InChI=1S/C9H16O3/c1-3-11-9(10)7(2)12-8-5-4-6-8/h7-8H,3-6H2,1-2H3. The van der Waals surface area contributed by atoms with E-state index in [1.54, 1.807) is 13.8 Å². The van der Waals surface area contributed by atoms with Crippen LogP contribution in [0.2, 0.25) is 0 Å². The summed E-state index contributed by atoms with van der Waals surface area (Å²) in [5.74, 6) is -0.246. The summed E-state index contributed by atoms with van der Waals surface area (Å²) in [5, 5.41) is 0. The van der Waals surface area contributed by atoms with Crippen molar-refractivity contribution in [1.82, 2.24) is 0 Å². The van der Waals surface area contributed by atoms with Crippen molar-refractivity contribution in [2.45, 2.75) is 45.3 Å². The monoisotopic (exact) mass is 172 g/mol. The summed E-state index contributed by atoms with van der Waals surface area (Å²) in [7, 11) is 0. The second kappa shape index (κ2) is 4.45. The number of esters is 1. The Morgan fingerprint density at radius 1 is 1.58 bits per heavy atom. The predicted octanol–water partition coefficient (Wildman–Crippen LogP) is 1.51. The van der Waals surface area contributed by atoms with E-state index in [9.17, 15) is 4.79 Å². The van der Waals surface area contributed by atoms with Crippen molar-refractivity contribution in [2.75, 3.05) is 6.61 Å². The largest absolute Gasteiger partial charge is 0.464 e. The number of ether oxygens (including phenoxy) is 2. The van der Waals surface area contributed by atoms with E-state index < -0.39 is 6.10 Å². The highest BCUT2D eigenvalue weighted by molar-refractivity contribution is 5.74. The zero-order chi connectivity index (χ0) is 8.97. The first-order valence-corrected chi connectivity index (χ1v) is 4.56. The molecule has 0 radical (unpaired) electrons. The summed E-state index contributed by atoms with van der Waals surface area (Å²) in [6.45, 7) is 3.97. The Bertz CT molecular complexity index is 152. The van der Waals surface area contributed by atoms with E-state index in [4.69, 9.17) is 9.47 Å². The third-order valence-corrected chi connectivity index (χ3v) is 2.07. The second-order valence-electron chi connectivity index (χ2n) is 3.08. The third kappa shape index (κ3) is 2.48. The van der Waals surface area contributed by atoms with Crippen LogP contribution in [0, 0.1) is 0 Å². The van der Waals surface area contributed by atoms with Gasteiger partial charge in [-0.3, -0.25) is 0 Å². The summed E-state index contributed by atoms with van der Waals surface area (Å²) in [5.41, 5.74) is 0. The number of carbonyl (C=O) groups excluding carboxylic acids is 1. The van der Waals surface area contributed by atoms with E-state index >= 15 is 0 Å². The van der Waals surface area contributed by atoms with E-state index in [-0.39, 0.29) is 5.97 Å². The quantitative estimate of drug-likeness (QED) is 0.603. The highest BCUT2D eigenvalue weighted by Gasteiger charge is 2.24. The molecule has 1 fully saturated rings. The van der Waals surface area contributed by atoms with Gasteiger partial charge in [0.05, 0.1) is 12.7 Å². The first-order valence-electron chi connectivity index (χ1n) is 4.56. The van der Waals surface area contributed by atoms with Gasteiger partial charge >= 0.3 is 5.97 Å². The lowest BCUT2D eigenvalue weighted by Gasteiger charge is -2.27. The molecular weight excluding hydrogens is 156 g/mol. The summed E-state index contributed by atoms with van der Waals surface area (Å²) < 4.78 is 10.2. The first kappa shape index (κ1) is 9.52. The molecule has 0 amide bonds. The fraction of sp³-hybridized carbons (Fsp3) is 0.889. The van der Waals surface area contributed by atoms with Crippen LogP contribution < -0.4 is 0 Å². The zero-order valence-electron chi connectivity index (χ0n) is 7.71. The number of carbonyl (C=O) groups is 1. The number of rotatable bonds is 4. The molecule has 3 heteroatoms. The van der Waals surface area contributed by atoms with Crippen molar-refractivity contribution < 1.29 is 14.3 Å². The minimum Gasteiger partial charge on any atom is -0.464 e. The molecule has 0 N–H and O–H groups in total. The van der Waals surface area contributed by atoms with Crippen LogP contribution in [-0.2, 0) is 14.3 Å². The maximum absolute atomic E-state index is 11.1. The fourth-order valence-corrected chi connectivity index (χ4v) is 1.11.